The molecule has 0 bridgehead atoms. The van der Waals surface area contributed by atoms with Crippen LogP contribution in [0.5, 0.6) is 0 Å². The van der Waals surface area contributed by atoms with E-state index in [-0.39, 0.29) is 19.5 Å². The van der Waals surface area contributed by atoms with Crippen molar-refractivity contribution >= 4 is 0 Å². The van der Waals surface area contributed by atoms with Gasteiger partial charge in [-0.15, -0.1) is 10.2 Å². The molecule has 0 N–H and O–H groups in total. The molecule has 0 saturated carbocycles. The largest absolute Gasteiger partial charge is 1.00 e. The van der Waals surface area contributed by atoms with Crippen LogP contribution in [0.15, 0.2) is 24.3 Å². The summed E-state index contributed by atoms with van der Waals surface area (Å²) in [4.78, 5) is 0. The zero-order valence-electron chi connectivity index (χ0n) is 7.36. The number of hydrogen-bond acceptors (Lipinski definition) is 4. The second kappa shape index (κ2) is 12.2. The molecule has 80 valence electrons. The van der Waals surface area contributed by atoms with E-state index in [1.807, 2.05) is 13.8 Å². The molecule has 0 aromatic heterocycles. The fourth-order valence-corrected chi connectivity index (χ4v) is 0.351. The van der Waals surface area contributed by atoms with E-state index in [9.17, 15) is 0 Å². The van der Waals surface area contributed by atoms with E-state index in [0.717, 1.165) is 6.42 Å². The molecular weight excluding hydrogens is 286 g/mol. The third kappa shape index (κ3) is 71.5. The summed E-state index contributed by atoms with van der Waals surface area (Å²) >= 11 is 0. The molecule has 0 aromatic rings. The van der Waals surface area contributed by atoms with Crippen LogP contribution in [-0.4, -0.2) is 0 Å². The molecule has 0 unspecified atom stereocenters. The molecule has 0 aliphatic rings. The van der Waals surface area contributed by atoms with Gasteiger partial charge in [-0.1, -0.05) is 24.3 Å². The van der Waals surface area contributed by atoms with Gasteiger partial charge in [-0.25, -0.2) is 18.6 Å². The van der Waals surface area contributed by atoms with Crippen molar-refractivity contribution in [3.05, 3.63) is 24.3 Å². The van der Waals surface area contributed by atoms with Crippen LogP contribution in [0.25, 0.3) is 0 Å². The van der Waals surface area contributed by atoms with Gasteiger partial charge in [-0.05, 0) is 20.3 Å². The third-order valence-electron chi connectivity index (χ3n) is 0.744. The molecule has 0 aromatic carbocycles. The minimum Gasteiger partial charge on any atom is -0.222 e. The second-order valence-electron chi connectivity index (χ2n) is 1.75. The first-order valence-corrected chi connectivity index (χ1v) is 4.49. The molecule has 0 atom stereocenters. The van der Waals surface area contributed by atoms with Crippen molar-refractivity contribution in [2.75, 3.05) is 0 Å². The predicted octanol–water partition coefficient (Wildman–Crippen LogP) is -2.23. The molecule has 0 heterocycles. The Labute approximate surface area is 93.1 Å². The van der Waals surface area contributed by atoms with Gasteiger partial charge in [-0.3, -0.25) is 0 Å². The SMILES string of the molecule is CC=CCC=CC.[O-][Cl+3]([O-])([O-])[O-].[Rh+]. The average Bonchev–Trinajstić information content (AvgIpc) is 1.85. The Balaban J connectivity index is -0.000000150. The Bertz CT molecular complexity index is 126. The van der Waals surface area contributed by atoms with E-state index < -0.39 is 10.2 Å². The molecule has 0 amide bonds. The Morgan fingerprint density at radius 3 is 1.31 bits per heavy atom. The van der Waals surface area contributed by atoms with Gasteiger partial charge in [0.1, 0.15) is 0 Å². The minimum absolute atomic E-state index is 0. The van der Waals surface area contributed by atoms with E-state index in [1.54, 1.807) is 0 Å². The maximum absolute atomic E-state index is 8.49. The number of halogens is 1. The van der Waals surface area contributed by atoms with E-state index in [4.69, 9.17) is 18.6 Å². The first-order valence-electron chi connectivity index (χ1n) is 3.26. The summed E-state index contributed by atoms with van der Waals surface area (Å²) < 4.78 is 34.0. The molecule has 0 aliphatic carbocycles. The maximum atomic E-state index is 8.49. The van der Waals surface area contributed by atoms with Crippen molar-refractivity contribution in [1.29, 1.82) is 0 Å². The number of hydrogen-bond donors (Lipinski definition) is 0. The Kier molecular flexibility index (Phi) is 17.8. The first kappa shape index (κ1) is 18.9. The zero-order valence-corrected chi connectivity index (χ0v) is 9.76. The van der Waals surface area contributed by atoms with Crippen molar-refractivity contribution in [1.82, 2.24) is 0 Å². The van der Waals surface area contributed by atoms with Gasteiger partial charge in [0.05, 0.1) is 0 Å². The van der Waals surface area contributed by atoms with Crippen LogP contribution in [-0.2, 0) is 19.5 Å². The van der Waals surface area contributed by atoms with Gasteiger partial charge in [0.25, 0.3) is 0 Å². The van der Waals surface area contributed by atoms with Crippen molar-refractivity contribution in [2.24, 2.45) is 0 Å². The molecule has 0 rings (SSSR count). The van der Waals surface area contributed by atoms with Crippen LogP contribution in [0.4, 0.5) is 0 Å². The second-order valence-corrected chi connectivity index (χ2v) is 2.51. The summed E-state index contributed by atoms with van der Waals surface area (Å²) in [5.41, 5.74) is 0. The Morgan fingerprint density at radius 1 is 0.923 bits per heavy atom. The van der Waals surface area contributed by atoms with Crippen LogP contribution in [0, 0.1) is 10.2 Å². The van der Waals surface area contributed by atoms with Gasteiger partial charge >= 0.3 is 19.5 Å². The maximum Gasteiger partial charge on any atom is 1.00 e. The molecule has 0 fully saturated rings. The van der Waals surface area contributed by atoms with E-state index >= 15 is 0 Å². The van der Waals surface area contributed by atoms with Gasteiger partial charge in [0.15, 0.2) is 0 Å². The molecule has 6 heteroatoms. The molecule has 4 nitrogen and oxygen atoms in total. The Morgan fingerprint density at radius 2 is 1.15 bits per heavy atom. The minimum atomic E-state index is -4.94. The summed E-state index contributed by atoms with van der Waals surface area (Å²) in [7, 11) is -4.94. The van der Waals surface area contributed by atoms with Crippen LogP contribution >= 0.6 is 0 Å². The molecular formula is C7H12ClO4Rh. The van der Waals surface area contributed by atoms with Crippen molar-refractivity contribution in [2.45, 2.75) is 20.3 Å². The zero-order chi connectivity index (χ0) is 10.0. The van der Waals surface area contributed by atoms with Gasteiger partial charge in [0.2, 0.25) is 0 Å². The van der Waals surface area contributed by atoms with Gasteiger partial charge < -0.3 is 0 Å². The molecule has 0 radical (unpaired) electrons. The fraction of sp³-hybridized carbons (Fsp3) is 0.429. The van der Waals surface area contributed by atoms with Gasteiger partial charge in [-0.2, -0.15) is 0 Å². The average molecular weight is 299 g/mol. The van der Waals surface area contributed by atoms with Crippen molar-refractivity contribution in [3.63, 3.8) is 0 Å². The van der Waals surface area contributed by atoms with Crippen molar-refractivity contribution < 1.29 is 48.4 Å². The van der Waals surface area contributed by atoms with Crippen LogP contribution in [0.1, 0.15) is 20.3 Å². The monoisotopic (exact) mass is 298 g/mol. The van der Waals surface area contributed by atoms with E-state index in [1.165, 1.54) is 0 Å². The smallest absolute Gasteiger partial charge is 0.222 e. The summed E-state index contributed by atoms with van der Waals surface area (Å²) in [6.07, 6.45) is 9.44. The fourth-order valence-electron chi connectivity index (χ4n) is 0.351. The summed E-state index contributed by atoms with van der Waals surface area (Å²) in [5, 5.41) is 0. The van der Waals surface area contributed by atoms with Gasteiger partial charge in [0, 0.05) is 0 Å². The van der Waals surface area contributed by atoms with Crippen molar-refractivity contribution in [3.8, 4) is 0 Å². The standard InChI is InChI=1S/C7H12.ClHO4.Rh/c1-3-5-7-6-4-2;2-1(3,4)5;/h3-6H,7H2,1-2H3;(H,2,3,4,5);/q;;+1/p-1. The number of rotatable bonds is 2. The topological polar surface area (TPSA) is 92.2 Å². The van der Waals surface area contributed by atoms with Crippen LogP contribution in [0.2, 0.25) is 0 Å². The summed E-state index contributed by atoms with van der Waals surface area (Å²) in [6, 6.07) is 0. The van der Waals surface area contributed by atoms with Crippen LogP contribution in [0.3, 0.4) is 0 Å². The molecule has 0 aliphatic heterocycles. The first-order chi connectivity index (χ1) is 5.41. The summed E-state index contributed by atoms with van der Waals surface area (Å²) in [6.45, 7) is 4.06. The normalized spacial score (nSPS) is 10.9. The summed E-state index contributed by atoms with van der Waals surface area (Å²) in [5.74, 6) is 0. The third-order valence-corrected chi connectivity index (χ3v) is 0.744. The van der Waals surface area contributed by atoms with E-state index in [0.29, 0.717) is 0 Å². The molecule has 0 spiro atoms. The van der Waals surface area contributed by atoms with E-state index in [2.05, 4.69) is 24.3 Å². The Hall–Kier alpha value is 0.233. The molecule has 0 saturated heterocycles. The molecule has 13 heavy (non-hydrogen) atoms. The van der Waals surface area contributed by atoms with Crippen LogP contribution < -0.4 is 18.6 Å². The quantitative estimate of drug-likeness (QED) is 0.426. The predicted molar refractivity (Wildman–Crippen MR) is 34.2 cm³/mol. The number of allylic oxidation sites excluding steroid dienone is 4.